The zero-order valence-electron chi connectivity index (χ0n) is 21.2. The molecule has 1 N–H and O–H groups in total. The molecule has 1 atom stereocenters. The first kappa shape index (κ1) is 26.5. The Labute approximate surface area is 206 Å². The molecule has 3 rings (SSSR count). The number of benzene rings is 1. The zero-order chi connectivity index (χ0) is 25.4. The molecule has 1 saturated heterocycles. The number of nitrogens with one attached hydrogen (secondary N) is 1. The van der Waals surface area contributed by atoms with Crippen molar-refractivity contribution in [3.8, 4) is 5.75 Å². The van der Waals surface area contributed by atoms with Crippen molar-refractivity contribution in [3.63, 3.8) is 0 Å². The van der Waals surface area contributed by atoms with Crippen LogP contribution >= 0.6 is 0 Å². The third kappa shape index (κ3) is 9.20. The van der Waals surface area contributed by atoms with Gasteiger partial charge < -0.3 is 24.5 Å². The molecule has 1 aromatic heterocycles. The van der Waals surface area contributed by atoms with Crippen molar-refractivity contribution in [1.82, 2.24) is 15.0 Å². The maximum atomic E-state index is 13.0. The van der Waals surface area contributed by atoms with E-state index in [1.54, 1.807) is 17.2 Å². The molecule has 1 aliphatic rings. The molecule has 1 aliphatic heterocycles. The van der Waals surface area contributed by atoms with Crippen molar-refractivity contribution < 1.29 is 23.5 Å². The molecule has 2 aromatic rings. The lowest BCUT2D eigenvalue weighted by Crippen LogP contribution is -2.40. The summed E-state index contributed by atoms with van der Waals surface area (Å²) in [6, 6.07) is 7.88. The van der Waals surface area contributed by atoms with E-state index < -0.39 is 11.8 Å². The molecular weight excluding hydrogens is 453 g/mol. The van der Waals surface area contributed by atoms with Crippen LogP contribution in [-0.2, 0) is 9.57 Å². The SMILES string of the molecule is CC(CNc1cc(N(C)CC2CCN(OC(=O)OC(C)(C)C)CC2)ncn1)Oc1ccc(F)cc1. The number of carbonyl (C=O) groups is 1. The molecule has 2 heterocycles. The minimum atomic E-state index is -0.661. The van der Waals surface area contributed by atoms with Gasteiger partial charge in [0.1, 0.15) is 41.2 Å². The highest BCUT2D eigenvalue weighted by molar-refractivity contribution is 5.60. The van der Waals surface area contributed by atoms with E-state index in [0.29, 0.717) is 37.1 Å². The Hall–Kier alpha value is -3.14. The summed E-state index contributed by atoms with van der Waals surface area (Å²) in [7, 11) is 2.01. The summed E-state index contributed by atoms with van der Waals surface area (Å²) in [5, 5.41) is 4.94. The molecule has 1 aromatic carbocycles. The molecule has 0 amide bonds. The van der Waals surface area contributed by atoms with Crippen molar-refractivity contribution in [2.45, 2.75) is 52.2 Å². The minimum Gasteiger partial charge on any atom is -0.489 e. The van der Waals surface area contributed by atoms with Crippen molar-refractivity contribution in [2.75, 3.05) is 43.4 Å². The number of halogens is 1. The Morgan fingerprint density at radius 3 is 2.57 bits per heavy atom. The molecule has 0 spiro atoms. The van der Waals surface area contributed by atoms with Crippen LogP contribution in [0.4, 0.5) is 20.8 Å². The van der Waals surface area contributed by atoms with Crippen LogP contribution in [0.3, 0.4) is 0 Å². The van der Waals surface area contributed by atoms with E-state index in [0.717, 1.165) is 25.2 Å². The van der Waals surface area contributed by atoms with Gasteiger partial charge in [0.15, 0.2) is 0 Å². The van der Waals surface area contributed by atoms with Crippen LogP contribution in [0.1, 0.15) is 40.5 Å². The average molecular weight is 490 g/mol. The summed E-state index contributed by atoms with van der Waals surface area (Å²) < 4.78 is 24.1. The second kappa shape index (κ2) is 12.0. The van der Waals surface area contributed by atoms with Crippen molar-refractivity contribution >= 4 is 17.8 Å². The highest BCUT2D eigenvalue weighted by Gasteiger charge is 2.26. The van der Waals surface area contributed by atoms with E-state index in [1.165, 1.54) is 18.5 Å². The van der Waals surface area contributed by atoms with Crippen LogP contribution < -0.4 is 15.0 Å². The normalized spacial score (nSPS) is 15.8. The van der Waals surface area contributed by atoms with Gasteiger partial charge in [0.2, 0.25) is 0 Å². The number of hydrogen-bond donors (Lipinski definition) is 1. The standard InChI is InChI=1S/C25H36FN5O4/c1-18(33-21-8-6-20(26)7-9-21)15-27-22-14-23(29-17-28-22)30(5)16-19-10-12-31(13-11-19)35-24(32)34-25(2,3)4/h6-9,14,17-19H,10-13,15-16H2,1-5H3,(H,27,28,29). The fourth-order valence-corrected chi connectivity index (χ4v) is 3.73. The Balaban J connectivity index is 1.42. The predicted octanol–water partition coefficient (Wildman–Crippen LogP) is 4.51. The molecule has 1 fully saturated rings. The van der Waals surface area contributed by atoms with Gasteiger partial charge in [-0.25, -0.2) is 19.2 Å². The number of piperidine rings is 1. The molecule has 0 radical (unpaired) electrons. The third-order valence-corrected chi connectivity index (χ3v) is 5.46. The molecule has 0 saturated carbocycles. The molecule has 10 heteroatoms. The summed E-state index contributed by atoms with van der Waals surface area (Å²) in [6.07, 6.45) is 2.55. The Morgan fingerprint density at radius 2 is 1.91 bits per heavy atom. The van der Waals surface area contributed by atoms with Crippen LogP contribution in [-0.4, -0.2) is 66.1 Å². The van der Waals surface area contributed by atoms with Gasteiger partial charge in [-0.3, -0.25) is 0 Å². The largest absolute Gasteiger partial charge is 0.528 e. The Morgan fingerprint density at radius 1 is 1.23 bits per heavy atom. The monoisotopic (exact) mass is 489 g/mol. The molecule has 1 unspecified atom stereocenters. The maximum absolute atomic E-state index is 13.0. The van der Waals surface area contributed by atoms with E-state index >= 15 is 0 Å². The maximum Gasteiger partial charge on any atom is 0.528 e. The molecule has 9 nitrogen and oxygen atoms in total. The number of carbonyl (C=O) groups excluding carboxylic acids is 1. The average Bonchev–Trinajstić information content (AvgIpc) is 2.79. The quantitative estimate of drug-likeness (QED) is 0.511. The van der Waals surface area contributed by atoms with E-state index in [4.69, 9.17) is 14.3 Å². The van der Waals surface area contributed by atoms with Gasteiger partial charge in [0.25, 0.3) is 0 Å². The van der Waals surface area contributed by atoms with E-state index in [-0.39, 0.29) is 11.9 Å². The fraction of sp³-hybridized carbons (Fsp3) is 0.560. The number of aromatic nitrogens is 2. The smallest absolute Gasteiger partial charge is 0.489 e. The summed E-state index contributed by atoms with van der Waals surface area (Å²) >= 11 is 0. The molecule has 192 valence electrons. The third-order valence-electron chi connectivity index (χ3n) is 5.46. The number of nitrogens with zero attached hydrogens (tertiary/aromatic N) is 4. The number of rotatable bonds is 9. The summed E-state index contributed by atoms with van der Waals surface area (Å²) in [5.41, 5.74) is -0.572. The van der Waals surface area contributed by atoms with E-state index in [9.17, 15) is 9.18 Å². The van der Waals surface area contributed by atoms with Crippen LogP contribution in [0.2, 0.25) is 0 Å². The molecule has 0 aliphatic carbocycles. The Kier molecular flexibility index (Phi) is 9.08. The van der Waals surface area contributed by atoms with Gasteiger partial charge in [-0.15, -0.1) is 5.06 Å². The van der Waals surface area contributed by atoms with Gasteiger partial charge in [-0.05, 0) is 70.7 Å². The first-order valence-electron chi connectivity index (χ1n) is 11.9. The Bertz CT molecular complexity index is 946. The predicted molar refractivity (Wildman–Crippen MR) is 132 cm³/mol. The fourth-order valence-electron chi connectivity index (χ4n) is 3.73. The highest BCUT2D eigenvalue weighted by Crippen LogP contribution is 2.22. The van der Waals surface area contributed by atoms with Crippen LogP contribution in [0.5, 0.6) is 5.75 Å². The lowest BCUT2D eigenvalue weighted by Gasteiger charge is -2.33. The lowest BCUT2D eigenvalue weighted by molar-refractivity contribution is -0.154. The number of anilines is 2. The second-order valence-corrected chi connectivity index (χ2v) is 9.83. The van der Waals surface area contributed by atoms with Gasteiger partial charge >= 0.3 is 6.16 Å². The second-order valence-electron chi connectivity index (χ2n) is 9.83. The van der Waals surface area contributed by atoms with E-state index in [1.807, 2.05) is 40.8 Å². The molecule has 35 heavy (non-hydrogen) atoms. The summed E-state index contributed by atoms with van der Waals surface area (Å²) in [4.78, 5) is 28.0. The number of ether oxygens (including phenoxy) is 2. The number of hydrogen-bond acceptors (Lipinski definition) is 9. The van der Waals surface area contributed by atoms with Crippen LogP contribution in [0.25, 0.3) is 0 Å². The molecule has 0 bridgehead atoms. The summed E-state index contributed by atoms with van der Waals surface area (Å²) in [5.74, 6) is 2.31. The first-order valence-corrected chi connectivity index (χ1v) is 11.9. The zero-order valence-corrected chi connectivity index (χ0v) is 21.2. The number of hydroxylamine groups is 2. The van der Waals surface area contributed by atoms with Crippen LogP contribution in [0.15, 0.2) is 36.7 Å². The van der Waals surface area contributed by atoms with Crippen molar-refractivity contribution in [1.29, 1.82) is 0 Å². The lowest BCUT2D eigenvalue weighted by atomic mass is 9.97. The van der Waals surface area contributed by atoms with Crippen molar-refractivity contribution in [3.05, 3.63) is 42.5 Å². The highest BCUT2D eigenvalue weighted by atomic mass is 19.1. The van der Waals surface area contributed by atoms with Gasteiger partial charge in [0.05, 0.1) is 6.54 Å². The van der Waals surface area contributed by atoms with Gasteiger partial charge in [-0.1, -0.05) is 0 Å². The van der Waals surface area contributed by atoms with Crippen LogP contribution in [0, 0.1) is 11.7 Å². The minimum absolute atomic E-state index is 0.135. The summed E-state index contributed by atoms with van der Waals surface area (Å²) in [6.45, 7) is 10.1. The van der Waals surface area contributed by atoms with Gasteiger partial charge in [0, 0.05) is 32.7 Å². The van der Waals surface area contributed by atoms with E-state index in [2.05, 4.69) is 20.2 Å². The van der Waals surface area contributed by atoms with Gasteiger partial charge in [-0.2, -0.15) is 0 Å². The molecular formula is C25H36FN5O4. The van der Waals surface area contributed by atoms with Crippen molar-refractivity contribution in [2.24, 2.45) is 5.92 Å². The topological polar surface area (TPSA) is 89.1 Å². The first-order chi connectivity index (χ1) is 16.6.